The van der Waals surface area contributed by atoms with Gasteiger partial charge >= 0.3 is 0 Å². The number of nitrogens with one attached hydrogen (secondary N) is 2. The van der Waals surface area contributed by atoms with E-state index in [2.05, 4.69) is 10.6 Å². The molecule has 4 nitrogen and oxygen atoms in total. The summed E-state index contributed by atoms with van der Waals surface area (Å²) in [6.07, 6.45) is 3.87. The molecule has 1 aliphatic rings. The number of benzene rings is 1. The van der Waals surface area contributed by atoms with Crippen LogP contribution in [0.3, 0.4) is 0 Å². The van der Waals surface area contributed by atoms with E-state index in [0.29, 0.717) is 12.6 Å². The zero-order chi connectivity index (χ0) is 14.4. The first-order chi connectivity index (χ1) is 9.69. The number of thioether (sulfide) groups is 1. The largest absolute Gasteiger partial charge is 0.481 e. The monoisotopic (exact) mass is 330 g/mol. The van der Waals surface area contributed by atoms with Crippen molar-refractivity contribution < 1.29 is 9.53 Å². The second-order valence-corrected chi connectivity index (χ2v) is 5.85. The maximum Gasteiger partial charge on any atom is 0.260 e. The van der Waals surface area contributed by atoms with E-state index in [0.717, 1.165) is 18.7 Å². The van der Waals surface area contributed by atoms with E-state index in [9.17, 15) is 4.79 Å². The van der Waals surface area contributed by atoms with Gasteiger partial charge in [0.2, 0.25) is 0 Å². The third kappa shape index (κ3) is 5.77. The van der Waals surface area contributed by atoms with Gasteiger partial charge in [0, 0.05) is 17.5 Å². The van der Waals surface area contributed by atoms with Crippen molar-refractivity contribution in [3.8, 4) is 5.75 Å². The van der Waals surface area contributed by atoms with Crippen molar-refractivity contribution in [1.29, 1.82) is 0 Å². The Morgan fingerprint density at radius 2 is 2.19 bits per heavy atom. The summed E-state index contributed by atoms with van der Waals surface area (Å²) in [6.45, 7) is 3.51. The van der Waals surface area contributed by atoms with Crippen LogP contribution in [0, 0.1) is 0 Å². The third-order valence-corrected chi connectivity index (χ3v) is 4.17. The zero-order valence-electron chi connectivity index (χ0n) is 12.4. The summed E-state index contributed by atoms with van der Waals surface area (Å²) < 4.78 is 5.65. The molecule has 1 aromatic carbocycles. The second kappa shape index (κ2) is 9.18. The Kier molecular flexibility index (Phi) is 7.93. The van der Waals surface area contributed by atoms with Gasteiger partial charge in [-0.1, -0.05) is 0 Å². The third-order valence-electron chi connectivity index (χ3n) is 3.43. The fraction of sp³-hybridized carbons (Fsp3) is 0.533. The van der Waals surface area contributed by atoms with Crippen LogP contribution < -0.4 is 15.4 Å². The lowest BCUT2D eigenvalue weighted by Gasteiger charge is -2.17. The van der Waals surface area contributed by atoms with Gasteiger partial charge in [0.1, 0.15) is 5.75 Å². The number of carbonyl (C=O) groups is 1. The van der Waals surface area contributed by atoms with Gasteiger partial charge in [-0.15, -0.1) is 24.2 Å². The van der Waals surface area contributed by atoms with Crippen molar-refractivity contribution >= 4 is 30.1 Å². The van der Waals surface area contributed by atoms with Crippen LogP contribution in [0.25, 0.3) is 0 Å². The Labute approximate surface area is 136 Å². The van der Waals surface area contributed by atoms with Gasteiger partial charge in [0.05, 0.1) is 0 Å². The van der Waals surface area contributed by atoms with Crippen molar-refractivity contribution in [2.45, 2.75) is 36.8 Å². The first-order valence-electron chi connectivity index (χ1n) is 7.01. The molecule has 2 N–H and O–H groups in total. The van der Waals surface area contributed by atoms with Gasteiger partial charge in [-0.2, -0.15) is 0 Å². The van der Waals surface area contributed by atoms with Crippen LogP contribution in [-0.4, -0.2) is 37.4 Å². The first-order valence-corrected chi connectivity index (χ1v) is 8.23. The minimum atomic E-state index is -0.475. The van der Waals surface area contributed by atoms with Gasteiger partial charge in [0.25, 0.3) is 5.91 Å². The lowest BCUT2D eigenvalue weighted by Crippen LogP contribution is -2.42. The fourth-order valence-corrected chi connectivity index (χ4v) is 2.62. The highest BCUT2D eigenvalue weighted by Gasteiger charge is 2.18. The van der Waals surface area contributed by atoms with Crippen LogP contribution in [-0.2, 0) is 4.79 Å². The molecule has 1 aromatic rings. The van der Waals surface area contributed by atoms with E-state index in [1.807, 2.05) is 30.5 Å². The van der Waals surface area contributed by atoms with E-state index in [1.54, 1.807) is 18.7 Å². The standard InChI is InChI=1S/C15H22N2O2S.ClH/c1-11(15(18)17-10-12-4-3-9-16-12)19-13-5-7-14(20-2)8-6-13;/h5-8,11-12,16H,3-4,9-10H2,1-2H3,(H,17,18);1H. The van der Waals surface area contributed by atoms with Gasteiger partial charge in [-0.3, -0.25) is 4.79 Å². The predicted molar refractivity (Wildman–Crippen MR) is 89.6 cm³/mol. The van der Waals surface area contributed by atoms with Crippen LogP contribution in [0.2, 0.25) is 0 Å². The van der Waals surface area contributed by atoms with Crippen molar-refractivity contribution in [1.82, 2.24) is 10.6 Å². The molecule has 0 radical (unpaired) electrons. The highest BCUT2D eigenvalue weighted by molar-refractivity contribution is 7.98. The number of hydrogen-bond acceptors (Lipinski definition) is 4. The van der Waals surface area contributed by atoms with Crippen LogP contribution in [0.4, 0.5) is 0 Å². The summed E-state index contributed by atoms with van der Waals surface area (Å²) in [5.74, 6) is 0.664. The number of ether oxygens (including phenoxy) is 1. The maximum absolute atomic E-state index is 12.0. The Bertz CT molecular complexity index is 436. The van der Waals surface area contributed by atoms with Gasteiger partial charge in [0.15, 0.2) is 6.10 Å². The lowest BCUT2D eigenvalue weighted by molar-refractivity contribution is -0.127. The minimum absolute atomic E-state index is 0. The Balaban J connectivity index is 0.00000220. The smallest absolute Gasteiger partial charge is 0.260 e. The highest BCUT2D eigenvalue weighted by Crippen LogP contribution is 2.19. The maximum atomic E-state index is 12.0. The van der Waals surface area contributed by atoms with E-state index in [4.69, 9.17) is 4.74 Å². The Hall–Kier alpha value is -0.910. The molecule has 2 rings (SSSR count). The molecule has 118 valence electrons. The molecule has 0 aromatic heterocycles. The zero-order valence-corrected chi connectivity index (χ0v) is 14.1. The summed E-state index contributed by atoms with van der Waals surface area (Å²) in [5.41, 5.74) is 0. The van der Waals surface area contributed by atoms with Crippen LogP contribution >= 0.6 is 24.2 Å². The lowest BCUT2D eigenvalue weighted by atomic mass is 10.2. The summed E-state index contributed by atoms with van der Waals surface area (Å²) >= 11 is 1.68. The number of carbonyl (C=O) groups excluding carboxylic acids is 1. The Morgan fingerprint density at radius 3 is 2.76 bits per heavy atom. The predicted octanol–water partition coefficient (Wildman–Crippen LogP) is 2.47. The quantitative estimate of drug-likeness (QED) is 0.787. The molecule has 1 saturated heterocycles. The topological polar surface area (TPSA) is 50.4 Å². The van der Waals surface area contributed by atoms with Gasteiger partial charge in [-0.05, 0) is 56.8 Å². The molecule has 0 spiro atoms. The van der Waals surface area contributed by atoms with Crippen LogP contribution in [0.5, 0.6) is 5.75 Å². The molecule has 0 bridgehead atoms. The van der Waals surface area contributed by atoms with E-state index in [1.165, 1.54) is 11.3 Å². The molecule has 2 unspecified atom stereocenters. The average molecular weight is 331 g/mol. The molecule has 0 saturated carbocycles. The molecule has 2 atom stereocenters. The van der Waals surface area contributed by atoms with E-state index >= 15 is 0 Å². The molecule has 1 aliphatic heterocycles. The molecule has 21 heavy (non-hydrogen) atoms. The molecule has 1 fully saturated rings. The van der Waals surface area contributed by atoms with Crippen molar-refractivity contribution in [3.63, 3.8) is 0 Å². The fourth-order valence-electron chi connectivity index (χ4n) is 2.21. The molecular formula is C15H23ClN2O2S. The SMILES string of the molecule is CSc1ccc(OC(C)C(=O)NCC2CCCN2)cc1.Cl. The van der Waals surface area contributed by atoms with Crippen molar-refractivity contribution in [2.24, 2.45) is 0 Å². The number of amides is 1. The van der Waals surface area contributed by atoms with Gasteiger partial charge in [-0.25, -0.2) is 0 Å². The number of halogens is 1. The summed E-state index contributed by atoms with van der Waals surface area (Å²) in [5, 5.41) is 6.29. The average Bonchev–Trinajstić information content (AvgIpc) is 2.98. The number of hydrogen-bond donors (Lipinski definition) is 2. The van der Waals surface area contributed by atoms with Crippen LogP contribution in [0.1, 0.15) is 19.8 Å². The van der Waals surface area contributed by atoms with Crippen molar-refractivity contribution in [2.75, 3.05) is 19.3 Å². The minimum Gasteiger partial charge on any atom is -0.481 e. The Morgan fingerprint density at radius 1 is 1.48 bits per heavy atom. The molecular weight excluding hydrogens is 308 g/mol. The molecule has 6 heteroatoms. The van der Waals surface area contributed by atoms with Crippen LogP contribution in [0.15, 0.2) is 29.2 Å². The van der Waals surface area contributed by atoms with E-state index < -0.39 is 6.10 Å². The summed E-state index contributed by atoms with van der Waals surface area (Å²) in [4.78, 5) is 13.1. The normalized spacial score (nSPS) is 18.7. The second-order valence-electron chi connectivity index (χ2n) is 4.97. The number of rotatable bonds is 6. The molecule has 0 aliphatic carbocycles. The highest BCUT2D eigenvalue weighted by atomic mass is 35.5. The van der Waals surface area contributed by atoms with Gasteiger partial charge < -0.3 is 15.4 Å². The van der Waals surface area contributed by atoms with Crippen molar-refractivity contribution in [3.05, 3.63) is 24.3 Å². The molecule has 1 heterocycles. The first kappa shape index (κ1) is 18.1. The molecule has 1 amide bonds. The van der Waals surface area contributed by atoms with E-state index in [-0.39, 0.29) is 18.3 Å². The summed E-state index contributed by atoms with van der Waals surface area (Å²) in [6, 6.07) is 8.19. The summed E-state index contributed by atoms with van der Waals surface area (Å²) in [7, 11) is 0.